The first-order chi connectivity index (χ1) is 6.20. The Morgan fingerprint density at radius 2 is 2.38 bits per heavy atom. The summed E-state index contributed by atoms with van der Waals surface area (Å²) in [7, 11) is 0. The van der Waals surface area contributed by atoms with E-state index in [0.717, 1.165) is 12.2 Å². The van der Waals surface area contributed by atoms with Crippen molar-refractivity contribution < 1.29 is 14.7 Å². The van der Waals surface area contributed by atoms with E-state index < -0.39 is 12.0 Å². The van der Waals surface area contributed by atoms with Crippen LogP contribution in [0.5, 0.6) is 0 Å². The van der Waals surface area contributed by atoms with E-state index in [1.165, 1.54) is 0 Å². The van der Waals surface area contributed by atoms with Crippen LogP contribution in [0.2, 0.25) is 0 Å². The fourth-order valence-corrected chi connectivity index (χ4v) is 2.13. The molecule has 0 saturated carbocycles. The summed E-state index contributed by atoms with van der Waals surface area (Å²) in [4.78, 5) is 21.7. The Balaban J connectivity index is 2.46. The van der Waals surface area contributed by atoms with Crippen LogP contribution in [0.1, 0.15) is 12.8 Å². The lowest BCUT2D eigenvalue weighted by atomic mass is 10.2. The summed E-state index contributed by atoms with van der Waals surface area (Å²) in [6, 6.07) is -0.577. The molecule has 1 rings (SSSR count). The molecule has 4 nitrogen and oxygen atoms in total. The van der Waals surface area contributed by atoms with Crippen LogP contribution in [0.15, 0.2) is 0 Å². The largest absolute Gasteiger partial charge is 0.480 e. The molecule has 0 aromatic heterocycles. The van der Waals surface area contributed by atoms with Crippen LogP contribution < -0.4 is 5.32 Å². The quantitative estimate of drug-likeness (QED) is 0.634. The molecule has 0 aromatic rings. The zero-order valence-corrected chi connectivity index (χ0v) is 8.10. The minimum absolute atomic E-state index is 0.105. The molecule has 1 unspecified atom stereocenters. The van der Waals surface area contributed by atoms with Crippen molar-refractivity contribution >= 4 is 23.5 Å². The van der Waals surface area contributed by atoms with Gasteiger partial charge in [0.1, 0.15) is 11.8 Å². The van der Waals surface area contributed by atoms with Gasteiger partial charge in [-0.3, -0.25) is 14.9 Å². The van der Waals surface area contributed by atoms with Gasteiger partial charge in [0.2, 0.25) is 0 Å². The van der Waals surface area contributed by atoms with E-state index in [1.807, 2.05) is 0 Å². The summed E-state index contributed by atoms with van der Waals surface area (Å²) in [5.74, 6) is 0.649. The Labute approximate surface area is 81.1 Å². The standard InChI is InChI=1S/C8H13NO3S/c10-6-2-1-3-13-5-7(8(11)12)9-4-6/h7,9H,1-5H2,(H,11,12). The number of carbonyl (C=O) groups excluding carboxylic acids is 1. The second-order valence-electron chi connectivity index (χ2n) is 2.99. The van der Waals surface area contributed by atoms with Gasteiger partial charge in [-0.05, 0) is 12.2 Å². The Kier molecular flexibility index (Phi) is 4.24. The van der Waals surface area contributed by atoms with E-state index in [-0.39, 0.29) is 12.3 Å². The number of carboxylic acid groups (broad SMARTS) is 1. The number of hydrogen-bond donors (Lipinski definition) is 2. The van der Waals surface area contributed by atoms with Gasteiger partial charge in [0.25, 0.3) is 0 Å². The van der Waals surface area contributed by atoms with Crippen LogP contribution in [0.4, 0.5) is 0 Å². The van der Waals surface area contributed by atoms with Crippen LogP contribution in [0.25, 0.3) is 0 Å². The molecule has 1 heterocycles. The molecule has 1 aliphatic rings. The van der Waals surface area contributed by atoms with E-state index in [0.29, 0.717) is 12.2 Å². The maximum atomic E-state index is 11.1. The number of aliphatic carboxylic acids is 1. The van der Waals surface area contributed by atoms with Crippen molar-refractivity contribution in [3.8, 4) is 0 Å². The highest BCUT2D eigenvalue weighted by molar-refractivity contribution is 7.99. The van der Waals surface area contributed by atoms with Gasteiger partial charge in [-0.1, -0.05) is 0 Å². The number of carboxylic acids is 1. The highest BCUT2D eigenvalue weighted by Gasteiger charge is 2.19. The molecule has 2 N–H and O–H groups in total. The van der Waals surface area contributed by atoms with Crippen LogP contribution in [0, 0.1) is 0 Å². The molecule has 5 heteroatoms. The van der Waals surface area contributed by atoms with Gasteiger partial charge in [0, 0.05) is 12.2 Å². The van der Waals surface area contributed by atoms with Crippen molar-refractivity contribution in [2.45, 2.75) is 18.9 Å². The first kappa shape index (κ1) is 10.5. The van der Waals surface area contributed by atoms with E-state index in [4.69, 9.17) is 5.11 Å². The first-order valence-corrected chi connectivity index (χ1v) is 5.41. The van der Waals surface area contributed by atoms with Gasteiger partial charge in [-0.15, -0.1) is 0 Å². The predicted molar refractivity (Wildman–Crippen MR) is 51.0 cm³/mol. The van der Waals surface area contributed by atoms with Gasteiger partial charge in [0.05, 0.1) is 6.54 Å². The Hall–Kier alpha value is -0.550. The summed E-state index contributed by atoms with van der Waals surface area (Å²) < 4.78 is 0. The van der Waals surface area contributed by atoms with Crippen LogP contribution in [-0.4, -0.2) is 41.0 Å². The zero-order valence-electron chi connectivity index (χ0n) is 7.28. The Morgan fingerprint density at radius 3 is 3.08 bits per heavy atom. The lowest BCUT2D eigenvalue weighted by molar-refractivity contribution is -0.138. The van der Waals surface area contributed by atoms with E-state index >= 15 is 0 Å². The third-order valence-electron chi connectivity index (χ3n) is 1.87. The summed E-state index contributed by atoms with van der Waals surface area (Å²) in [5, 5.41) is 11.5. The van der Waals surface area contributed by atoms with Gasteiger partial charge in [-0.25, -0.2) is 0 Å². The van der Waals surface area contributed by atoms with E-state index in [9.17, 15) is 9.59 Å². The number of Topliss-reactive ketones (excluding diaryl/α,β-unsaturated/α-hetero) is 1. The molecule has 1 fully saturated rings. The van der Waals surface area contributed by atoms with Crippen molar-refractivity contribution in [2.24, 2.45) is 0 Å². The van der Waals surface area contributed by atoms with Crippen molar-refractivity contribution in [3.63, 3.8) is 0 Å². The Morgan fingerprint density at radius 1 is 1.62 bits per heavy atom. The van der Waals surface area contributed by atoms with Gasteiger partial charge in [-0.2, -0.15) is 11.8 Å². The van der Waals surface area contributed by atoms with Crippen molar-refractivity contribution in [3.05, 3.63) is 0 Å². The summed E-state index contributed by atoms with van der Waals surface area (Å²) in [6.07, 6.45) is 1.42. The maximum Gasteiger partial charge on any atom is 0.321 e. The SMILES string of the molecule is O=C1CCCSCC(C(=O)O)NC1. The molecule has 1 atom stereocenters. The van der Waals surface area contributed by atoms with E-state index in [2.05, 4.69) is 5.32 Å². The maximum absolute atomic E-state index is 11.1. The van der Waals surface area contributed by atoms with Crippen molar-refractivity contribution in [1.82, 2.24) is 5.32 Å². The summed E-state index contributed by atoms with van der Waals surface area (Å²) in [5.41, 5.74) is 0. The molecule has 0 amide bonds. The molecule has 13 heavy (non-hydrogen) atoms. The topological polar surface area (TPSA) is 66.4 Å². The normalized spacial score (nSPS) is 25.8. The minimum Gasteiger partial charge on any atom is -0.480 e. The number of thioether (sulfide) groups is 1. The average Bonchev–Trinajstić information content (AvgIpc) is 2.17. The smallest absolute Gasteiger partial charge is 0.321 e. The Bertz CT molecular complexity index is 208. The third kappa shape index (κ3) is 3.78. The highest BCUT2D eigenvalue weighted by Crippen LogP contribution is 2.09. The van der Waals surface area contributed by atoms with Crippen LogP contribution >= 0.6 is 11.8 Å². The second kappa shape index (κ2) is 5.24. The molecular formula is C8H13NO3S. The summed E-state index contributed by atoms with van der Waals surface area (Å²) >= 11 is 1.59. The van der Waals surface area contributed by atoms with Crippen LogP contribution in [0.3, 0.4) is 0 Å². The second-order valence-corrected chi connectivity index (χ2v) is 4.14. The lowest BCUT2D eigenvalue weighted by Gasteiger charge is -2.10. The average molecular weight is 203 g/mol. The highest BCUT2D eigenvalue weighted by atomic mass is 32.2. The van der Waals surface area contributed by atoms with Gasteiger partial charge in [0.15, 0.2) is 0 Å². The van der Waals surface area contributed by atoms with Crippen molar-refractivity contribution in [1.29, 1.82) is 0 Å². The number of hydrogen-bond acceptors (Lipinski definition) is 4. The molecule has 0 aliphatic carbocycles. The first-order valence-electron chi connectivity index (χ1n) is 4.26. The molecule has 0 aromatic carbocycles. The minimum atomic E-state index is -0.873. The molecule has 0 bridgehead atoms. The fourth-order valence-electron chi connectivity index (χ4n) is 1.12. The molecule has 0 spiro atoms. The molecule has 0 radical (unpaired) electrons. The predicted octanol–water partition coefficient (Wildman–Crippen LogP) is 0.125. The number of ketones is 1. The third-order valence-corrected chi connectivity index (χ3v) is 3.02. The summed E-state index contributed by atoms with van der Waals surface area (Å²) in [6.45, 7) is 0.192. The monoisotopic (exact) mass is 203 g/mol. The molecule has 74 valence electrons. The zero-order chi connectivity index (χ0) is 9.68. The number of nitrogens with one attached hydrogen (secondary N) is 1. The van der Waals surface area contributed by atoms with Gasteiger partial charge < -0.3 is 5.11 Å². The van der Waals surface area contributed by atoms with E-state index in [1.54, 1.807) is 11.8 Å². The van der Waals surface area contributed by atoms with Gasteiger partial charge >= 0.3 is 5.97 Å². The van der Waals surface area contributed by atoms with Crippen LogP contribution in [-0.2, 0) is 9.59 Å². The fraction of sp³-hybridized carbons (Fsp3) is 0.750. The molecule has 1 aliphatic heterocycles. The molecular weight excluding hydrogens is 190 g/mol. The number of rotatable bonds is 1. The lowest BCUT2D eigenvalue weighted by Crippen LogP contribution is -2.41. The number of carbonyl (C=O) groups is 2. The van der Waals surface area contributed by atoms with Crippen molar-refractivity contribution in [2.75, 3.05) is 18.1 Å². The molecule has 1 saturated heterocycles.